The van der Waals surface area contributed by atoms with Crippen molar-refractivity contribution in [3.8, 4) is 0 Å². The number of thioether (sulfide) groups is 1. The molecule has 0 aliphatic heterocycles. The molecule has 0 bridgehead atoms. The predicted octanol–water partition coefficient (Wildman–Crippen LogP) is 3.80. The first-order valence-electron chi connectivity index (χ1n) is 8.35. The summed E-state index contributed by atoms with van der Waals surface area (Å²) >= 11 is 1.43. The van der Waals surface area contributed by atoms with Gasteiger partial charge in [-0.3, -0.25) is 14.8 Å². The molecule has 2 aromatic heterocycles. The lowest BCUT2D eigenvalue weighted by molar-refractivity contribution is -0.138. The quantitative estimate of drug-likeness (QED) is 0.446. The highest BCUT2D eigenvalue weighted by Crippen LogP contribution is 2.40. The Morgan fingerprint density at radius 1 is 1.18 bits per heavy atom. The van der Waals surface area contributed by atoms with Gasteiger partial charge in [0.1, 0.15) is 6.04 Å². The number of carbonyl (C=O) groups is 1. The SMILES string of the molecule is NC(Cc1cccc(CSc2cncc3c(C(F)(F)P)cccc23)n1)C(=O)O. The molecule has 0 radical (unpaired) electrons. The molecule has 0 amide bonds. The number of fused-ring (bicyclic) bond motifs is 1. The van der Waals surface area contributed by atoms with Gasteiger partial charge < -0.3 is 10.8 Å². The molecule has 0 aliphatic rings. The maximum Gasteiger partial charge on any atom is 0.320 e. The number of nitrogens with zero attached hydrogens (tertiary/aromatic N) is 2. The number of carboxylic acid groups (broad SMARTS) is 1. The summed E-state index contributed by atoms with van der Waals surface area (Å²) < 4.78 is 27.7. The summed E-state index contributed by atoms with van der Waals surface area (Å²) in [6, 6.07) is 9.11. The van der Waals surface area contributed by atoms with Gasteiger partial charge in [0.25, 0.3) is 5.66 Å². The van der Waals surface area contributed by atoms with Gasteiger partial charge in [-0.1, -0.05) is 33.5 Å². The number of alkyl halides is 2. The fourth-order valence-corrected chi connectivity index (χ4v) is 3.95. The summed E-state index contributed by atoms with van der Waals surface area (Å²) in [6.07, 6.45) is 3.22. The second-order valence-electron chi connectivity index (χ2n) is 6.22. The minimum Gasteiger partial charge on any atom is -0.480 e. The number of hydrogen-bond donors (Lipinski definition) is 2. The monoisotopic (exact) mass is 421 g/mol. The van der Waals surface area contributed by atoms with Crippen LogP contribution in [-0.4, -0.2) is 27.1 Å². The summed E-state index contributed by atoms with van der Waals surface area (Å²) in [4.78, 5) is 20.2. The second kappa shape index (κ2) is 8.47. The summed E-state index contributed by atoms with van der Waals surface area (Å²) in [5.74, 6) is -0.594. The van der Waals surface area contributed by atoms with Gasteiger partial charge in [0.2, 0.25) is 0 Å². The zero-order valence-electron chi connectivity index (χ0n) is 14.7. The van der Waals surface area contributed by atoms with Crippen LogP contribution in [0.2, 0.25) is 0 Å². The van der Waals surface area contributed by atoms with E-state index in [1.54, 1.807) is 39.7 Å². The van der Waals surface area contributed by atoms with E-state index in [0.29, 0.717) is 22.2 Å². The Balaban J connectivity index is 1.82. The molecule has 3 N–H and O–H groups in total. The van der Waals surface area contributed by atoms with E-state index in [-0.39, 0.29) is 12.0 Å². The van der Waals surface area contributed by atoms with E-state index in [1.807, 2.05) is 6.07 Å². The van der Waals surface area contributed by atoms with E-state index >= 15 is 0 Å². The second-order valence-corrected chi connectivity index (χ2v) is 7.96. The topological polar surface area (TPSA) is 89.1 Å². The smallest absolute Gasteiger partial charge is 0.320 e. The van der Waals surface area contributed by atoms with Gasteiger partial charge in [0, 0.05) is 46.1 Å². The van der Waals surface area contributed by atoms with Crippen LogP contribution < -0.4 is 5.73 Å². The number of hydrogen-bond acceptors (Lipinski definition) is 5. The molecular formula is C19H18F2N3O2PS. The van der Waals surface area contributed by atoms with Gasteiger partial charge in [-0.05, 0) is 17.5 Å². The van der Waals surface area contributed by atoms with Crippen LogP contribution in [0.1, 0.15) is 17.0 Å². The Morgan fingerprint density at radius 3 is 2.61 bits per heavy atom. The van der Waals surface area contributed by atoms with Crippen molar-refractivity contribution in [3.05, 3.63) is 65.7 Å². The van der Waals surface area contributed by atoms with E-state index in [0.717, 1.165) is 10.6 Å². The predicted molar refractivity (Wildman–Crippen MR) is 108 cm³/mol. The van der Waals surface area contributed by atoms with Crippen molar-refractivity contribution in [2.45, 2.75) is 28.8 Å². The largest absolute Gasteiger partial charge is 0.480 e. The van der Waals surface area contributed by atoms with Gasteiger partial charge in [-0.25, -0.2) is 0 Å². The van der Waals surface area contributed by atoms with Crippen molar-refractivity contribution in [2.24, 2.45) is 5.73 Å². The number of benzene rings is 1. The highest BCUT2D eigenvalue weighted by molar-refractivity contribution is 7.98. The Bertz CT molecular complexity index is 1010. The maximum absolute atomic E-state index is 13.8. The minimum atomic E-state index is -3.04. The zero-order chi connectivity index (χ0) is 20.3. The van der Waals surface area contributed by atoms with Crippen molar-refractivity contribution in [3.63, 3.8) is 0 Å². The van der Waals surface area contributed by atoms with E-state index in [9.17, 15) is 13.6 Å². The van der Waals surface area contributed by atoms with Crippen molar-refractivity contribution < 1.29 is 18.7 Å². The lowest BCUT2D eigenvalue weighted by Crippen LogP contribution is -2.32. The molecule has 2 unspecified atom stereocenters. The molecule has 28 heavy (non-hydrogen) atoms. The maximum atomic E-state index is 13.8. The molecule has 0 fully saturated rings. The van der Waals surface area contributed by atoms with E-state index < -0.39 is 17.7 Å². The Kier molecular flexibility index (Phi) is 6.23. The van der Waals surface area contributed by atoms with Crippen molar-refractivity contribution in [2.75, 3.05) is 0 Å². The number of pyridine rings is 2. The molecule has 1 aromatic carbocycles. The van der Waals surface area contributed by atoms with Crippen LogP contribution in [0, 0.1) is 0 Å². The zero-order valence-corrected chi connectivity index (χ0v) is 16.7. The van der Waals surface area contributed by atoms with Gasteiger partial charge in [0.05, 0.1) is 5.69 Å². The molecule has 0 aliphatic carbocycles. The number of rotatable bonds is 7. The van der Waals surface area contributed by atoms with Gasteiger partial charge in [0.15, 0.2) is 0 Å². The molecule has 3 aromatic rings. The van der Waals surface area contributed by atoms with E-state index in [4.69, 9.17) is 10.8 Å². The highest BCUT2D eigenvalue weighted by Gasteiger charge is 2.27. The van der Waals surface area contributed by atoms with Gasteiger partial charge in [-0.15, -0.1) is 11.8 Å². The lowest BCUT2D eigenvalue weighted by atomic mass is 10.1. The first-order valence-corrected chi connectivity index (χ1v) is 9.92. The van der Waals surface area contributed by atoms with Crippen LogP contribution in [-0.2, 0) is 22.6 Å². The van der Waals surface area contributed by atoms with Crippen LogP contribution >= 0.6 is 21.0 Å². The molecule has 146 valence electrons. The molecule has 2 heterocycles. The molecule has 2 atom stereocenters. The number of aromatic nitrogens is 2. The van der Waals surface area contributed by atoms with E-state index in [2.05, 4.69) is 9.97 Å². The molecule has 0 saturated carbocycles. The minimum absolute atomic E-state index is 0.0901. The van der Waals surface area contributed by atoms with Crippen LogP contribution in [0.4, 0.5) is 8.78 Å². The van der Waals surface area contributed by atoms with Crippen LogP contribution in [0.5, 0.6) is 0 Å². The molecule has 0 saturated heterocycles. The third-order valence-electron chi connectivity index (χ3n) is 4.11. The molecular weight excluding hydrogens is 403 g/mol. The molecule has 3 rings (SSSR count). The van der Waals surface area contributed by atoms with Crippen LogP contribution in [0.15, 0.2) is 53.7 Å². The van der Waals surface area contributed by atoms with Crippen LogP contribution in [0.25, 0.3) is 10.8 Å². The average molecular weight is 421 g/mol. The number of nitrogens with two attached hydrogens (primary N) is 1. The Morgan fingerprint density at radius 2 is 1.89 bits per heavy atom. The standard InChI is InChI=1S/C19H18F2N3O2PS/c20-19(21,27)15-6-2-5-13-14(15)8-23-9-17(13)28-10-12-4-1-3-11(24-12)7-16(22)18(25)26/h1-6,8-9,16H,7,10,22,27H2,(H,25,26). The van der Waals surface area contributed by atoms with E-state index in [1.165, 1.54) is 24.0 Å². The Labute approximate surface area is 167 Å². The summed E-state index contributed by atoms with van der Waals surface area (Å²) in [7, 11) is 1.56. The average Bonchev–Trinajstić information content (AvgIpc) is 2.65. The van der Waals surface area contributed by atoms with Crippen molar-refractivity contribution in [1.82, 2.24) is 9.97 Å². The number of aliphatic carboxylic acids is 1. The summed E-state index contributed by atoms with van der Waals surface area (Å²) in [6.45, 7) is 0. The van der Waals surface area contributed by atoms with Crippen LogP contribution in [0.3, 0.4) is 0 Å². The highest BCUT2D eigenvalue weighted by atomic mass is 32.2. The van der Waals surface area contributed by atoms with Crippen molar-refractivity contribution >= 4 is 37.7 Å². The normalized spacial score (nSPS) is 12.9. The molecule has 5 nitrogen and oxygen atoms in total. The molecule has 0 spiro atoms. The Hall–Kier alpha value is -2.15. The van der Waals surface area contributed by atoms with Crippen molar-refractivity contribution in [1.29, 1.82) is 0 Å². The summed E-state index contributed by atoms with van der Waals surface area (Å²) in [5.41, 5.74) is 3.76. The fourth-order valence-electron chi connectivity index (χ4n) is 2.76. The first kappa shape index (κ1) is 20.6. The third kappa shape index (κ3) is 4.82. The first-order chi connectivity index (χ1) is 13.3. The molecule has 9 heteroatoms. The number of carboxylic acids is 1. The summed E-state index contributed by atoms with van der Waals surface area (Å²) in [5, 5.41) is 10.0. The lowest BCUT2D eigenvalue weighted by Gasteiger charge is -2.14. The van der Waals surface area contributed by atoms with Gasteiger partial charge in [-0.2, -0.15) is 8.78 Å². The fraction of sp³-hybridized carbons (Fsp3) is 0.211. The van der Waals surface area contributed by atoms with Gasteiger partial charge >= 0.3 is 5.97 Å². The number of halogens is 2. The third-order valence-corrected chi connectivity index (χ3v) is 5.50.